The highest BCUT2D eigenvalue weighted by Gasteiger charge is 2.28. The third kappa shape index (κ3) is 3.29. The minimum absolute atomic E-state index is 0.0625. The first-order valence-corrected chi connectivity index (χ1v) is 6.53. The number of hydrogen-bond donors (Lipinski definition) is 0. The van der Waals surface area contributed by atoms with Gasteiger partial charge in [-0.15, -0.1) is 0 Å². The number of ether oxygens (including phenoxy) is 1. The van der Waals surface area contributed by atoms with Crippen LogP contribution in [-0.4, -0.2) is 42.1 Å². The molecule has 1 atom stereocenters. The Labute approximate surface area is 108 Å². The highest BCUT2D eigenvalue weighted by atomic mass is 16.5. The van der Waals surface area contributed by atoms with Crippen LogP contribution in [0.25, 0.3) is 0 Å². The summed E-state index contributed by atoms with van der Waals surface area (Å²) in [6.45, 7) is 1.85. The molecule has 1 aromatic heterocycles. The standard InChI is InChI=1S/C14H20N2O2/c1-18-14(17)13-7-3-5-10-16(13)11-8-12-6-2-4-9-15-12/h2,4,6,9,13H,3,5,7-8,10-11H2,1H3. The van der Waals surface area contributed by atoms with Gasteiger partial charge in [-0.2, -0.15) is 0 Å². The van der Waals surface area contributed by atoms with E-state index in [0.29, 0.717) is 0 Å². The van der Waals surface area contributed by atoms with Gasteiger partial charge in [0.15, 0.2) is 0 Å². The molecular weight excluding hydrogens is 228 g/mol. The maximum atomic E-state index is 11.7. The molecule has 1 aromatic rings. The molecule has 4 nitrogen and oxygen atoms in total. The van der Waals surface area contributed by atoms with E-state index in [4.69, 9.17) is 4.74 Å². The van der Waals surface area contributed by atoms with Crippen molar-refractivity contribution in [2.24, 2.45) is 0 Å². The van der Waals surface area contributed by atoms with Crippen molar-refractivity contribution in [2.75, 3.05) is 20.2 Å². The van der Waals surface area contributed by atoms with Crippen molar-refractivity contribution in [3.05, 3.63) is 30.1 Å². The fraction of sp³-hybridized carbons (Fsp3) is 0.571. The van der Waals surface area contributed by atoms with E-state index in [2.05, 4.69) is 9.88 Å². The minimum atomic E-state index is -0.101. The van der Waals surface area contributed by atoms with E-state index in [1.807, 2.05) is 24.4 Å². The molecule has 0 aromatic carbocycles. The Balaban J connectivity index is 1.91. The molecule has 0 saturated carbocycles. The summed E-state index contributed by atoms with van der Waals surface area (Å²) in [6, 6.07) is 5.88. The van der Waals surface area contributed by atoms with Crippen LogP contribution in [0.3, 0.4) is 0 Å². The Morgan fingerprint density at radius 2 is 2.39 bits per heavy atom. The number of hydrogen-bond acceptors (Lipinski definition) is 4. The summed E-state index contributed by atoms with van der Waals surface area (Å²) >= 11 is 0. The first kappa shape index (κ1) is 13.0. The molecule has 2 heterocycles. The van der Waals surface area contributed by atoms with Crippen LogP contribution in [0.5, 0.6) is 0 Å². The van der Waals surface area contributed by atoms with Crippen molar-refractivity contribution < 1.29 is 9.53 Å². The van der Waals surface area contributed by atoms with Crippen LogP contribution in [0, 0.1) is 0 Å². The average Bonchev–Trinajstić information content (AvgIpc) is 2.45. The third-order valence-electron chi connectivity index (χ3n) is 3.47. The van der Waals surface area contributed by atoms with Crippen LogP contribution < -0.4 is 0 Å². The lowest BCUT2D eigenvalue weighted by Gasteiger charge is -2.33. The molecule has 1 aliphatic rings. The highest BCUT2D eigenvalue weighted by molar-refractivity contribution is 5.75. The maximum absolute atomic E-state index is 11.7. The van der Waals surface area contributed by atoms with Gasteiger partial charge in [0.05, 0.1) is 7.11 Å². The van der Waals surface area contributed by atoms with Gasteiger partial charge in [0.25, 0.3) is 0 Å². The number of esters is 1. The second kappa shape index (κ2) is 6.50. The highest BCUT2D eigenvalue weighted by Crippen LogP contribution is 2.18. The van der Waals surface area contributed by atoms with E-state index < -0.39 is 0 Å². The Morgan fingerprint density at radius 1 is 1.50 bits per heavy atom. The molecule has 18 heavy (non-hydrogen) atoms. The molecular formula is C14H20N2O2. The Kier molecular flexibility index (Phi) is 4.70. The maximum Gasteiger partial charge on any atom is 0.323 e. The molecule has 1 saturated heterocycles. The van der Waals surface area contributed by atoms with Gasteiger partial charge >= 0.3 is 5.97 Å². The zero-order valence-electron chi connectivity index (χ0n) is 10.8. The van der Waals surface area contributed by atoms with Crippen LogP contribution in [0.2, 0.25) is 0 Å². The lowest BCUT2D eigenvalue weighted by molar-refractivity contribution is -0.148. The molecule has 1 aliphatic heterocycles. The fourth-order valence-corrected chi connectivity index (χ4v) is 2.47. The Bertz CT molecular complexity index is 381. The van der Waals surface area contributed by atoms with Gasteiger partial charge in [-0.05, 0) is 31.5 Å². The number of piperidine rings is 1. The number of carbonyl (C=O) groups excluding carboxylic acids is 1. The molecule has 2 rings (SSSR count). The zero-order chi connectivity index (χ0) is 12.8. The van der Waals surface area contributed by atoms with Gasteiger partial charge in [0, 0.05) is 24.9 Å². The van der Waals surface area contributed by atoms with Crippen molar-refractivity contribution >= 4 is 5.97 Å². The van der Waals surface area contributed by atoms with Crippen molar-refractivity contribution in [1.29, 1.82) is 0 Å². The van der Waals surface area contributed by atoms with E-state index in [-0.39, 0.29) is 12.0 Å². The third-order valence-corrected chi connectivity index (χ3v) is 3.47. The van der Waals surface area contributed by atoms with Crippen LogP contribution in [0.1, 0.15) is 25.0 Å². The number of carbonyl (C=O) groups is 1. The van der Waals surface area contributed by atoms with Crippen LogP contribution >= 0.6 is 0 Å². The number of methoxy groups -OCH3 is 1. The molecule has 4 heteroatoms. The van der Waals surface area contributed by atoms with Crippen molar-refractivity contribution in [3.8, 4) is 0 Å². The van der Waals surface area contributed by atoms with Crippen molar-refractivity contribution in [1.82, 2.24) is 9.88 Å². The first-order chi connectivity index (χ1) is 8.81. The van der Waals surface area contributed by atoms with E-state index in [1.54, 1.807) is 0 Å². The summed E-state index contributed by atoms with van der Waals surface area (Å²) < 4.78 is 4.88. The second-order valence-corrected chi connectivity index (χ2v) is 4.64. The van der Waals surface area contributed by atoms with E-state index in [1.165, 1.54) is 7.11 Å². The normalized spacial score (nSPS) is 20.6. The second-order valence-electron chi connectivity index (χ2n) is 4.64. The van der Waals surface area contributed by atoms with Crippen molar-refractivity contribution in [3.63, 3.8) is 0 Å². The smallest absolute Gasteiger partial charge is 0.323 e. The minimum Gasteiger partial charge on any atom is -0.468 e. The molecule has 98 valence electrons. The first-order valence-electron chi connectivity index (χ1n) is 6.53. The van der Waals surface area contributed by atoms with Gasteiger partial charge in [-0.1, -0.05) is 12.5 Å². The topological polar surface area (TPSA) is 42.4 Å². The summed E-state index contributed by atoms with van der Waals surface area (Å²) in [5.74, 6) is -0.101. The predicted octanol–water partition coefficient (Wildman–Crippen LogP) is 1.65. The van der Waals surface area contributed by atoms with Crippen LogP contribution in [0.15, 0.2) is 24.4 Å². The molecule has 0 radical (unpaired) electrons. The molecule has 1 unspecified atom stereocenters. The van der Waals surface area contributed by atoms with Gasteiger partial charge in [-0.25, -0.2) is 0 Å². The van der Waals surface area contributed by atoms with Gasteiger partial charge < -0.3 is 4.74 Å². The number of nitrogens with zero attached hydrogens (tertiary/aromatic N) is 2. The number of aromatic nitrogens is 1. The Hall–Kier alpha value is -1.42. The van der Waals surface area contributed by atoms with Gasteiger partial charge in [0.1, 0.15) is 6.04 Å². The number of pyridine rings is 1. The number of likely N-dealkylation sites (tertiary alicyclic amines) is 1. The van der Waals surface area contributed by atoms with Crippen LogP contribution in [0.4, 0.5) is 0 Å². The summed E-state index contributed by atoms with van der Waals surface area (Å²) in [6.07, 6.45) is 5.88. The number of rotatable bonds is 4. The average molecular weight is 248 g/mol. The molecule has 1 fully saturated rings. The van der Waals surface area contributed by atoms with Gasteiger partial charge in [-0.3, -0.25) is 14.7 Å². The molecule has 0 bridgehead atoms. The molecule has 0 aliphatic carbocycles. The molecule has 0 spiro atoms. The fourth-order valence-electron chi connectivity index (χ4n) is 2.47. The molecule has 0 amide bonds. The quantitative estimate of drug-likeness (QED) is 0.760. The summed E-state index contributed by atoms with van der Waals surface area (Å²) in [5, 5.41) is 0. The monoisotopic (exact) mass is 248 g/mol. The van der Waals surface area contributed by atoms with E-state index >= 15 is 0 Å². The van der Waals surface area contributed by atoms with E-state index in [9.17, 15) is 4.79 Å². The summed E-state index contributed by atoms with van der Waals surface area (Å²) in [5.41, 5.74) is 1.08. The summed E-state index contributed by atoms with van der Waals surface area (Å²) in [4.78, 5) is 18.2. The molecule has 0 N–H and O–H groups in total. The van der Waals surface area contributed by atoms with E-state index in [0.717, 1.165) is 44.5 Å². The Morgan fingerprint density at radius 3 is 3.11 bits per heavy atom. The van der Waals surface area contributed by atoms with Crippen LogP contribution in [-0.2, 0) is 16.0 Å². The predicted molar refractivity (Wildman–Crippen MR) is 69.2 cm³/mol. The SMILES string of the molecule is COC(=O)C1CCCCN1CCc1ccccn1. The van der Waals surface area contributed by atoms with Crippen molar-refractivity contribution in [2.45, 2.75) is 31.7 Å². The largest absolute Gasteiger partial charge is 0.468 e. The zero-order valence-corrected chi connectivity index (χ0v) is 10.8. The summed E-state index contributed by atoms with van der Waals surface area (Å²) in [7, 11) is 1.47. The van der Waals surface area contributed by atoms with Gasteiger partial charge in [0.2, 0.25) is 0 Å². The lowest BCUT2D eigenvalue weighted by atomic mass is 10.0. The lowest BCUT2D eigenvalue weighted by Crippen LogP contribution is -2.46.